The normalized spacial score (nSPS) is 20.6. The fourth-order valence-corrected chi connectivity index (χ4v) is 2.35. The quantitative estimate of drug-likeness (QED) is 0.675. The van der Waals surface area contributed by atoms with E-state index in [1.54, 1.807) is 0 Å². The third-order valence-corrected chi connectivity index (χ3v) is 3.35. The zero-order valence-electron chi connectivity index (χ0n) is 11.5. The lowest BCUT2D eigenvalue weighted by Crippen LogP contribution is -2.54. The summed E-state index contributed by atoms with van der Waals surface area (Å²) in [6.45, 7) is 2.41. The van der Waals surface area contributed by atoms with Crippen LogP contribution in [0.15, 0.2) is 0 Å². The number of alkyl halides is 1. The van der Waals surface area contributed by atoms with E-state index in [1.807, 2.05) is 0 Å². The number of hydrogen-bond donors (Lipinski definition) is 0. The number of aliphatic carboxylic acids is 1. The lowest BCUT2D eigenvalue weighted by Gasteiger charge is -2.39. The molecule has 0 aliphatic heterocycles. The van der Waals surface area contributed by atoms with Gasteiger partial charge in [-0.15, -0.1) is 0 Å². The first-order chi connectivity index (χ1) is 9.28. The maximum atomic E-state index is 13.9. The average molecular weight is 289 g/mol. The van der Waals surface area contributed by atoms with Crippen LogP contribution in [0, 0.1) is 0 Å². The molecule has 0 aromatic heterocycles. The Labute approximate surface area is 116 Å². The van der Waals surface area contributed by atoms with E-state index in [-0.39, 0.29) is 12.8 Å². The van der Waals surface area contributed by atoms with Gasteiger partial charge in [0.1, 0.15) is 5.60 Å². The van der Waals surface area contributed by atoms with Crippen LogP contribution in [0.2, 0.25) is 0 Å². The van der Waals surface area contributed by atoms with E-state index in [4.69, 9.17) is 4.74 Å². The fraction of sp³-hybridized carbons (Fsp3) is 0.769. The SMILES string of the molecule is CC(=O)OC(C)C(=O)OC1(C(F)C(=O)[O-])CCCCC1. The maximum Gasteiger partial charge on any atom is 0.347 e. The molecule has 1 rings (SSSR count). The lowest BCUT2D eigenvalue weighted by molar-refractivity contribution is -0.319. The Morgan fingerprint density at radius 3 is 2.20 bits per heavy atom. The monoisotopic (exact) mass is 289 g/mol. The number of ether oxygens (including phenoxy) is 2. The van der Waals surface area contributed by atoms with Crippen LogP contribution in [0.1, 0.15) is 46.0 Å². The molecule has 2 atom stereocenters. The molecule has 1 aliphatic carbocycles. The standard InChI is InChI=1S/C13H19FO6/c1-8(19-9(2)15)12(18)20-13(10(14)11(16)17)6-4-3-5-7-13/h8,10H,3-7H2,1-2H3,(H,16,17)/p-1. The maximum absolute atomic E-state index is 13.9. The number of carbonyl (C=O) groups is 3. The minimum Gasteiger partial charge on any atom is -0.547 e. The molecule has 114 valence electrons. The Balaban J connectivity index is 2.82. The van der Waals surface area contributed by atoms with Gasteiger partial charge in [-0.3, -0.25) is 4.79 Å². The molecule has 0 bridgehead atoms. The Morgan fingerprint density at radius 1 is 1.20 bits per heavy atom. The summed E-state index contributed by atoms with van der Waals surface area (Å²) in [5.41, 5.74) is -1.72. The third-order valence-electron chi connectivity index (χ3n) is 3.35. The van der Waals surface area contributed by atoms with Crippen molar-refractivity contribution in [1.82, 2.24) is 0 Å². The molecular formula is C13H18FO6-. The van der Waals surface area contributed by atoms with Crippen LogP contribution in [-0.2, 0) is 23.9 Å². The summed E-state index contributed by atoms with van der Waals surface area (Å²) >= 11 is 0. The summed E-state index contributed by atoms with van der Waals surface area (Å²) in [5.74, 6) is -3.53. The number of halogens is 1. The van der Waals surface area contributed by atoms with Crippen molar-refractivity contribution in [2.24, 2.45) is 0 Å². The summed E-state index contributed by atoms with van der Waals surface area (Å²) in [6.07, 6.45) is -1.44. The highest BCUT2D eigenvalue weighted by Gasteiger charge is 2.45. The zero-order chi connectivity index (χ0) is 15.3. The molecule has 20 heavy (non-hydrogen) atoms. The van der Waals surface area contributed by atoms with E-state index in [2.05, 4.69) is 4.74 Å². The van der Waals surface area contributed by atoms with Gasteiger partial charge in [0.05, 0.1) is 5.97 Å². The molecular weight excluding hydrogens is 271 g/mol. The van der Waals surface area contributed by atoms with Gasteiger partial charge in [-0.25, -0.2) is 9.18 Å². The first-order valence-corrected chi connectivity index (χ1v) is 6.53. The number of carboxylic acids is 1. The highest BCUT2D eigenvalue weighted by atomic mass is 19.1. The van der Waals surface area contributed by atoms with Crippen LogP contribution in [0.25, 0.3) is 0 Å². The van der Waals surface area contributed by atoms with Crippen molar-refractivity contribution in [3.05, 3.63) is 0 Å². The zero-order valence-corrected chi connectivity index (χ0v) is 11.5. The van der Waals surface area contributed by atoms with Gasteiger partial charge < -0.3 is 19.4 Å². The number of rotatable bonds is 5. The fourth-order valence-electron chi connectivity index (χ4n) is 2.35. The molecule has 2 unspecified atom stereocenters. The number of carboxylic acid groups (broad SMARTS) is 1. The second kappa shape index (κ2) is 6.67. The summed E-state index contributed by atoms with van der Waals surface area (Å²) in [5, 5.41) is 10.8. The minimum atomic E-state index is -2.39. The second-order valence-corrected chi connectivity index (χ2v) is 4.98. The molecule has 6 nitrogen and oxygen atoms in total. The molecule has 0 radical (unpaired) electrons. The second-order valence-electron chi connectivity index (χ2n) is 4.98. The average Bonchev–Trinajstić information content (AvgIpc) is 2.37. The van der Waals surface area contributed by atoms with Crippen molar-refractivity contribution < 1.29 is 33.4 Å². The highest BCUT2D eigenvalue weighted by Crippen LogP contribution is 2.36. The summed E-state index contributed by atoms with van der Waals surface area (Å²) in [4.78, 5) is 33.3. The first-order valence-electron chi connectivity index (χ1n) is 6.53. The molecule has 0 amide bonds. The molecule has 1 fully saturated rings. The Morgan fingerprint density at radius 2 is 1.75 bits per heavy atom. The molecule has 0 N–H and O–H groups in total. The predicted octanol–water partition coefficient (Wildman–Crippen LogP) is 0.272. The Kier molecular flexibility index (Phi) is 5.47. The van der Waals surface area contributed by atoms with E-state index in [0.29, 0.717) is 12.8 Å². The van der Waals surface area contributed by atoms with Crippen molar-refractivity contribution >= 4 is 17.9 Å². The van der Waals surface area contributed by atoms with Crippen LogP contribution < -0.4 is 5.11 Å². The van der Waals surface area contributed by atoms with Crippen LogP contribution in [0.4, 0.5) is 4.39 Å². The van der Waals surface area contributed by atoms with Crippen LogP contribution in [-0.4, -0.2) is 35.8 Å². The van der Waals surface area contributed by atoms with Gasteiger partial charge in [0.2, 0.25) is 0 Å². The molecule has 0 heterocycles. The predicted molar refractivity (Wildman–Crippen MR) is 63.0 cm³/mol. The van der Waals surface area contributed by atoms with Gasteiger partial charge in [0, 0.05) is 6.92 Å². The van der Waals surface area contributed by atoms with Crippen molar-refractivity contribution in [3.8, 4) is 0 Å². The largest absolute Gasteiger partial charge is 0.547 e. The molecule has 0 aromatic rings. The van der Waals surface area contributed by atoms with E-state index in [0.717, 1.165) is 13.3 Å². The topological polar surface area (TPSA) is 92.7 Å². The Hall–Kier alpha value is -1.66. The van der Waals surface area contributed by atoms with Crippen molar-refractivity contribution in [1.29, 1.82) is 0 Å². The van der Waals surface area contributed by atoms with Gasteiger partial charge in [-0.05, 0) is 32.6 Å². The minimum absolute atomic E-state index is 0.112. The molecule has 7 heteroatoms. The first kappa shape index (κ1) is 16.4. The van der Waals surface area contributed by atoms with Gasteiger partial charge in [-0.1, -0.05) is 6.42 Å². The van der Waals surface area contributed by atoms with Gasteiger partial charge in [0.15, 0.2) is 12.3 Å². The highest BCUT2D eigenvalue weighted by molar-refractivity contribution is 5.79. The number of hydrogen-bond acceptors (Lipinski definition) is 6. The lowest BCUT2D eigenvalue weighted by atomic mass is 9.81. The molecule has 1 aliphatic rings. The van der Waals surface area contributed by atoms with Gasteiger partial charge >= 0.3 is 11.9 Å². The van der Waals surface area contributed by atoms with E-state index >= 15 is 0 Å². The molecule has 1 saturated carbocycles. The van der Waals surface area contributed by atoms with Crippen LogP contribution in [0.5, 0.6) is 0 Å². The van der Waals surface area contributed by atoms with E-state index < -0.39 is 35.8 Å². The summed E-state index contributed by atoms with van der Waals surface area (Å²) in [6, 6.07) is 0. The number of carbonyl (C=O) groups excluding carboxylic acids is 3. The van der Waals surface area contributed by atoms with E-state index in [9.17, 15) is 23.9 Å². The third kappa shape index (κ3) is 3.91. The van der Waals surface area contributed by atoms with Crippen molar-refractivity contribution in [3.63, 3.8) is 0 Å². The van der Waals surface area contributed by atoms with Crippen LogP contribution >= 0.6 is 0 Å². The summed E-state index contributed by atoms with van der Waals surface area (Å²) in [7, 11) is 0. The molecule has 0 saturated heterocycles. The van der Waals surface area contributed by atoms with Gasteiger partial charge in [-0.2, -0.15) is 0 Å². The Bertz CT molecular complexity index is 388. The molecule has 0 aromatic carbocycles. The van der Waals surface area contributed by atoms with Crippen molar-refractivity contribution in [2.75, 3.05) is 0 Å². The van der Waals surface area contributed by atoms with Gasteiger partial charge in [0.25, 0.3) is 0 Å². The molecule has 0 spiro atoms. The van der Waals surface area contributed by atoms with E-state index in [1.165, 1.54) is 6.92 Å². The smallest absolute Gasteiger partial charge is 0.347 e. The van der Waals surface area contributed by atoms with Crippen LogP contribution in [0.3, 0.4) is 0 Å². The number of esters is 2. The van der Waals surface area contributed by atoms with Crippen molar-refractivity contribution in [2.45, 2.75) is 63.8 Å². The summed E-state index contributed by atoms with van der Waals surface area (Å²) < 4.78 is 23.6.